The molecule has 1 aliphatic rings. The predicted octanol–water partition coefficient (Wildman–Crippen LogP) is 3.55. The number of rotatable bonds is 3. The van der Waals surface area contributed by atoms with Crippen molar-refractivity contribution >= 4 is 0 Å². The number of nitrogens with one attached hydrogen (secondary N) is 1. The van der Waals surface area contributed by atoms with Crippen molar-refractivity contribution < 1.29 is 4.74 Å². The van der Waals surface area contributed by atoms with Crippen LogP contribution in [0.5, 0.6) is 5.75 Å². The molecule has 1 aliphatic heterocycles. The molecule has 0 saturated carbocycles. The van der Waals surface area contributed by atoms with E-state index in [1.165, 1.54) is 23.1 Å². The van der Waals surface area contributed by atoms with Gasteiger partial charge >= 0.3 is 0 Å². The standard InChI is InChI=1S/C15H23NO/c1-9(2)12-8-13(14-7-11(4)16-14)10(3)6-15(12)17-5/h6,8-9,11,14,16H,7H2,1-5H3. The second kappa shape index (κ2) is 4.69. The van der Waals surface area contributed by atoms with E-state index in [2.05, 4.69) is 45.1 Å². The fraction of sp³-hybridized carbons (Fsp3) is 0.600. The molecular weight excluding hydrogens is 210 g/mol. The fourth-order valence-electron chi connectivity index (χ4n) is 2.61. The third-order valence-electron chi connectivity index (χ3n) is 3.69. The number of ether oxygens (including phenoxy) is 1. The highest BCUT2D eigenvalue weighted by Crippen LogP contribution is 2.36. The number of hydrogen-bond acceptors (Lipinski definition) is 2. The number of hydrogen-bond donors (Lipinski definition) is 1. The van der Waals surface area contributed by atoms with E-state index >= 15 is 0 Å². The first-order valence-corrected chi connectivity index (χ1v) is 6.47. The molecule has 2 heteroatoms. The van der Waals surface area contributed by atoms with Crippen LogP contribution in [-0.2, 0) is 0 Å². The van der Waals surface area contributed by atoms with Crippen LogP contribution in [0, 0.1) is 6.92 Å². The van der Waals surface area contributed by atoms with Gasteiger partial charge in [-0.05, 0) is 48.9 Å². The van der Waals surface area contributed by atoms with Gasteiger partial charge in [-0.1, -0.05) is 19.9 Å². The summed E-state index contributed by atoms with van der Waals surface area (Å²) in [6.45, 7) is 8.84. The Morgan fingerprint density at radius 2 is 2.00 bits per heavy atom. The number of aryl methyl sites for hydroxylation is 1. The molecule has 1 N–H and O–H groups in total. The molecule has 1 aromatic rings. The van der Waals surface area contributed by atoms with Crippen molar-refractivity contribution in [1.29, 1.82) is 0 Å². The minimum Gasteiger partial charge on any atom is -0.496 e. The Balaban J connectivity index is 2.36. The maximum Gasteiger partial charge on any atom is 0.122 e. The van der Waals surface area contributed by atoms with E-state index in [-0.39, 0.29) is 0 Å². The Morgan fingerprint density at radius 3 is 2.47 bits per heavy atom. The lowest BCUT2D eigenvalue weighted by Gasteiger charge is -2.36. The summed E-state index contributed by atoms with van der Waals surface area (Å²) in [7, 11) is 1.75. The van der Waals surface area contributed by atoms with Crippen molar-refractivity contribution in [2.75, 3.05) is 7.11 Å². The van der Waals surface area contributed by atoms with Crippen molar-refractivity contribution in [2.45, 2.75) is 52.1 Å². The maximum absolute atomic E-state index is 5.47. The van der Waals surface area contributed by atoms with Crippen molar-refractivity contribution in [2.24, 2.45) is 0 Å². The molecule has 2 atom stereocenters. The molecule has 0 amide bonds. The molecule has 17 heavy (non-hydrogen) atoms. The lowest BCUT2D eigenvalue weighted by atomic mass is 9.86. The van der Waals surface area contributed by atoms with Crippen molar-refractivity contribution in [3.63, 3.8) is 0 Å². The minimum absolute atomic E-state index is 0.502. The normalized spacial score (nSPS) is 23.6. The lowest BCUT2D eigenvalue weighted by Crippen LogP contribution is -2.44. The van der Waals surface area contributed by atoms with E-state index in [1.54, 1.807) is 7.11 Å². The first-order chi connectivity index (χ1) is 8.02. The molecule has 2 nitrogen and oxygen atoms in total. The predicted molar refractivity (Wildman–Crippen MR) is 71.8 cm³/mol. The van der Waals surface area contributed by atoms with Gasteiger partial charge in [0.25, 0.3) is 0 Å². The molecule has 2 unspecified atom stereocenters. The third kappa shape index (κ3) is 2.32. The van der Waals surface area contributed by atoms with E-state index in [0.717, 1.165) is 5.75 Å². The summed E-state index contributed by atoms with van der Waals surface area (Å²) in [5, 5.41) is 3.56. The zero-order valence-electron chi connectivity index (χ0n) is 11.5. The summed E-state index contributed by atoms with van der Waals surface area (Å²) >= 11 is 0. The summed E-state index contributed by atoms with van der Waals surface area (Å²) in [4.78, 5) is 0. The zero-order valence-corrected chi connectivity index (χ0v) is 11.5. The third-order valence-corrected chi connectivity index (χ3v) is 3.69. The topological polar surface area (TPSA) is 21.3 Å². The molecule has 1 heterocycles. The van der Waals surface area contributed by atoms with E-state index in [9.17, 15) is 0 Å². The van der Waals surface area contributed by atoms with Crippen LogP contribution in [0.4, 0.5) is 0 Å². The van der Waals surface area contributed by atoms with Crippen LogP contribution in [0.2, 0.25) is 0 Å². The average Bonchev–Trinajstić information content (AvgIpc) is 2.24. The highest BCUT2D eigenvalue weighted by Gasteiger charge is 2.27. The van der Waals surface area contributed by atoms with Gasteiger partial charge < -0.3 is 10.1 Å². The molecule has 0 aliphatic carbocycles. The summed E-state index contributed by atoms with van der Waals surface area (Å²) in [6, 6.07) is 5.69. The van der Waals surface area contributed by atoms with Gasteiger partial charge in [0, 0.05) is 12.1 Å². The molecule has 2 rings (SSSR count). The quantitative estimate of drug-likeness (QED) is 0.862. The Hall–Kier alpha value is -1.02. The molecule has 0 aromatic heterocycles. The van der Waals surface area contributed by atoms with Gasteiger partial charge in [-0.3, -0.25) is 0 Å². The van der Waals surface area contributed by atoms with E-state index in [0.29, 0.717) is 18.0 Å². The van der Waals surface area contributed by atoms with Crippen molar-refractivity contribution in [1.82, 2.24) is 5.32 Å². The van der Waals surface area contributed by atoms with Gasteiger partial charge in [0.05, 0.1) is 7.11 Å². The summed E-state index contributed by atoms with van der Waals surface area (Å²) < 4.78 is 5.47. The van der Waals surface area contributed by atoms with Crippen LogP contribution < -0.4 is 10.1 Å². The van der Waals surface area contributed by atoms with E-state index in [4.69, 9.17) is 4.74 Å². The average molecular weight is 233 g/mol. The highest BCUT2D eigenvalue weighted by molar-refractivity contribution is 5.45. The van der Waals surface area contributed by atoms with Crippen LogP contribution >= 0.6 is 0 Å². The monoisotopic (exact) mass is 233 g/mol. The largest absolute Gasteiger partial charge is 0.496 e. The smallest absolute Gasteiger partial charge is 0.122 e. The summed E-state index contributed by atoms with van der Waals surface area (Å²) in [6.07, 6.45) is 1.24. The first kappa shape index (κ1) is 12.4. The van der Waals surface area contributed by atoms with Crippen LogP contribution in [0.15, 0.2) is 12.1 Å². The van der Waals surface area contributed by atoms with Gasteiger partial charge in [0.2, 0.25) is 0 Å². The number of methoxy groups -OCH3 is 1. The van der Waals surface area contributed by atoms with E-state index < -0.39 is 0 Å². The Kier molecular flexibility index (Phi) is 3.43. The van der Waals surface area contributed by atoms with Crippen molar-refractivity contribution in [3.8, 4) is 5.75 Å². The second-order valence-electron chi connectivity index (χ2n) is 5.46. The van der Waals surface area contributed by atoms with Crippen molar-refractivity contribution in [3.05, 3.63) is 28.8 Å². The molecule has 0 radical (unpaired) electrons. The van der Waals surface area contributed by atoms with Gasteiger partial charge in [0.15, 0.2) is 0 Å². The first-order valence-electron chi connectivity index (χ1n) is 6.47. The Bertz CT molecular complexity index is 406. The molecule has 0 spiro atoms. The SMILES string of the molecule is COc1cc(C)c(C2CC(C)N2)cc1C(C)C. The van der Waals surface area contributed by atoms with E-state index in [1.807, 2.05) is 0 Å². The summed E-state index contributed by atoms with van der Waals surface area (Å²) in [5.74, 6) is 1.52. The van der Waals surface area contributed by atoms with Crippen LogP contribution in [0.25, 0.3) is 0 Å². The van der Waals surface area contributed by atoms with Gasteiger partial charge in [-0.25, -0.2) is 0 Å². The molecule has 1 fully saturated rings. The molecular formula is C15H23NO. The molecule has 0 bridgehead atoms. The fourth-order valence-corrected chi connectivity index (χ4v) is 2.61. The highest BCUT2D eigenvalue weighted by atomic mass is 16.5. The molecule has 1 saturated heterocycles. The summed E-state index contributed by atoms with van der Waals surface area (Å²) in [5.41, 5.74) is 4.08. The zero-order chi connectivity index (χ0) is 12.6. The minimum atomic E-state index is 0.502. The molecule has 1 aromatic carbocycles. The Morgan fingerprint density at radius 1 is 1.35 bits per heavy atom. The number of benzene rings is 1. The van der Waals surface area contributed by atoms with Crippen LogP contribution in [0.1, 0.15) is 55.8 Å². The van der Waals surface area contributed by atoms with Crippen LogP contribution in [-0.4, -0.2) is 13.2 Å². The maximum atomic E-state index is 5.47. The lowest BCUT2D eigenvalue weighted by molar-refractivity contribution is 0.286. The van der Waals surface area contributed by atoms with Gasteiger partial charge in [-0.15, -0.1) is 0 Å². The second-order valence-corrected chi connectivity index (χ2v) is 5.46. The van der Waals surface area contributed by atoms with Gasteiger partial charge in [0.1, 0.15) is 5.75 Å². The molecule has 94 valence electrons. The Labute approximate surface area is 104 Å². The van der Waals surface area contributed by atoms with Crippen LogP contribution in [0.3, 0.4) is 0 Å². The van der Waals surface area contributed by atoms with Gasteiger partial charge in [-0.2, -0.15) is 0 Å².